The van der Waals surface area contributed by atoms with Crippen LogP contribution < -0.4 is 15.4 Å². The number of aryl methyl sites for hydroxylation is 1. The smallest absolute Gasteiger partial charge is 0.336 e. The third kappa shape index (κ3) is 3.98. The largest absolute Gasteiger partial charge is 0.462 e. The molecule has 0 unspecified atom stereocenters. The summed E-state index contributed by atoms with van der Waals surface area (Å²) in [5, 5.41) is 4.52. The van der Waals surface area contributed by atoms with Crippen LogP contribution in [0.3, 0.4) is 0 Å². The molecule has 0 atom stereocenters. The topological polar surface area (TPSA) is 94.5 Å². The Bertz CT molecular complexity index is 1100. The molecule has 3 aromatic heterocycles. The minimum Gasteiger partial charge on any atom is -0.462 e. The number of nitrogens with zero attached hydrogens (tertiary/aromatic N) is 6. The molecule has 1 aliphatic heterocycles. The zero-order valence-corrected chi connectivity index (χ0v) is 19.2. The molecule has 4 heterocycles. The number of pyridine rings is 1. The van der Waals surface area contributed by atoms with E-state index in [9.17, 15) is 0 Å². The van der Waals surface area contributed by atoms with Gasteiger partial charge in [-0.2, -0.15) is 4.98 Å². The Kier molecular flexibility index (Phi) is 5.61. The molecule has 0 bridgehead atoms. The molecular weight excluding hydrogens is 402 g/mol. The van der Waals surface area contributed by atoms with Gasteiger partial charge in [0.2, 0.25) is 0 Å². The third-order valence-electron chi connectivity index (χ3n) is 6.93. The lowest BCUT2D eigenvalue weighted by Crippen LogP contribution is -2.57. The summed E-state index contributed by atoms with van der Waals surface area (Å²) in [7, 11) is 0. The van der Waals surface area contributed by atoms with Crippen molar-refractivity contribution >= 4 is 17.3 Å². The van der Waals surface area contributed by atoms with Crippen LogP contribution in [0.5, 0.6) is 6.01 Å². The highest BCUT2D eigenvalue weighted by atomic mass is 16.5. The second kappa shape index (κ2) is 8.56. The number of aromatic nitrogens is 5. The van der Waals surface area contributed by atoms with Crippen LogP contribution >= 0.6 is 0 Å². The normalized spacial score (nSPS) is 17.6. The Labute approximate surface area is 189 Å². The van der Waals surface area contributed by atoms with Gasteiger partial charge in [0.1, 0.15) is 5.82 Å². The van der Waals surface area contributed by atoms with E-state index >= 15 is 0 Å². The highest BCUT2D eigenvalue weighted by Crippen LogP contribution is 2.45. The van der Waals surface area contributed by atoms with Gasteiger partial charge in [-0.05, 0) is 37.3 Å². The molecule has 1 spiro atoms. The van der Waals surface area contributed by atoms with Gasteiger partial charge in [-0.3, -0.25) is 0 Å². The Balaban J connectivity index is 1.31. The van der Waals surface area contributed by atoms with E-state index in [1.54, 1.807) is 4.52 Å². The Hall–Kier alpha value is -2.90. The van der Waals surface area contributed by atoms with Crippen LogP contribution in [0, 0.1) is 12.3 Å². The van der Waals surface area contributed by atoms with Crippen molar-refractivity contribution in [2.24, 2.45) is 5.41 Å². The van der Waals surface area contributed by atoms with Crippen LogP contribution in [0.25, 0.3) is 5.65 Å². The number of ether oxygens (including phenoxy) is 1. The second-order valence-electron chi connectivity index (χ2n) is 9.54. The average molecular weight is 436 g/mol. The maximum Gasteiger partial charge on any atom is 0.336 e. The number of nitrogens with two attached hydrogens (primary N) is 1. The fourth-order valence-corrected chi connectivity index (χ4v) is 5.21. The predicted molar refractivity (Wildman–Crippen MR) is 125 cm³/mol. The highest BCUT2D eigenvalue weighted by molar-refractivity contribution is 5.60. The van der Waals surface area contributed by atoms with Crippen LogP contribution in [-0.2, 0) is 6.42 Å². The molecule has 8 nitrogen and oxygen atoms in total. The zero-order valence-electron chi connectivity index (χ0n) is 19.2. The van der Waals surface area contributed by atoms with E-state index in [1.807, 2.05) is 12.4 Å². The molecule has 1 saturated carbocycles. The standard InChI is InChI=1S/C24H33N7O/c1-3-4-10-32-23-28-20(25)22-27-14-19(31(22)29-23)12-18-11-17(2)21(26-13-18)30-15-24(16-30)8-6-5-7-9-24/h11,13-14H,3-10,12,15-16H2,1-2H3,(H2,25,28,29). The first-order valence-electron chi connectivity index (χ1n) is 11.9. The monoisotopic (exact) mass is 435 g/mol. The first kappa shape index (κ1) is 21.0. The highest BCUT2D eigenvalue weighted by Gasteiger charge is 2.44. The summed E-state index contributed by atoms with van der Waals surface area (Å²) in [5.41, 5.74) is 10.5. The van der Waals surface area contributed by atoms with E-state index in [-0.39, 0.29) is 0 Å². The molecular formula is C24H33N7O. The van der Waals surface area contributed by atoms with Crippen molar-refractivity contribution < 1.29 is 4.74 Å². The number of imidazole rings is 1. The van der Waals surface area contributed by atoms with E-state index < -0.39 is 0 Å². The number of hydrogen-bond donors (Lipinski definition) is 1. The molecule has 8 heteroatoms. The minimum absolute atomic E-state index is 0.293. The quantitative estimate of drug-likeness (QED) is 0.562. The number of nitrogen functional groups attached to an aromatic ring is 1. The molecule has 2 aliphatic rings. The van der Waals surface area contributed by atoms with Gasteiger partial charge < -0.3 is 15.4 Å². The van der Waals surface area contributed by atoms with E-state index in [0.717, 1.165) is 43.0 Å². The molecule has 5 rings (SSSR count). The van der Waals surface area contributed by atoms with Gasteiger partial charge in [-0.1, -0.05) is 38.7 Å². The number of fused-ring (bicyclic) bond motifs is 1. The Morgan fingerprint density at radius 1 is 1.12 bits per heavy atom. The van der Waals surface area contributed by atoms with Crippen LogP contribution in [0.15, 0.2) is 18.5 Å². The van der Waals surface area contributed by atoms with Crippen molar-refractivity contribution in [1.29, 1.82) is 0 Å². The van der Waals surface area contributed by atoms with Crippen molar-refractivity contribution in [2.75, 3.05) is 30.3 Å². The average Bonchev–Trinajstić information content (AvgIpc) is 3.16. The van der Waals surface area contributed by atoms with E-state index in [0.29, 0.717) is 35.9 Å². The number of rotatable bonds is 7. The first-order chi connectivity index (χ1) is 15.6. The van der Waals surface area contributed by atoms with Gasteiger partial charge in [0.15, 0.2) is 11.5 Å². The minimum atomic E-state index is 0.293. The van der Waals surface area contributed by atoms with Crippen molar-refractivity contribution in [3.05, 3.63) is 35.3 Å². The summed E-state index contributed by atoms with van der Waals surface area (Å²) >= 11 is 0. The van der Waals surface area contributed by atoms with Crippen molar-refractivity contribution in [2.45, 2.75) is 65.2 Å². The number of hydrogen-bond acceptors (Lipinski definition) is 7. The summed E-state index contributed by atoms with van der Waals surface area (Å²) in [6.07, 6.45) is 13.4. The van der Waals surface area contributed by atoms with E-state index in [4.69, 9.17) is 15.5 Å². The van der Waals surface area contributed by atoms with Crippen molar-refractivity contribution in [1.82, 2.24) is 24.6 Å². The summed E-state index contributed by atoms with van der Waals surface area (Å²) in [6, 6.07) is 2.53. The summed E-state index contributed by atoms with van der Waals surface area (Å²) in [5.74, 6) is 1.46. The van der Waals surface area contributed by atoms with Gasteiger partial charge in [-0.25, -0.2) is 14.5 Å². The third-order valence-corrected chi connectivity index (χ3v) is 6.93. The van der Waals surface area contributed by atoms with Crippen molar-refractivity contribution in [3.8, 4) is 6.01 Å². The summed E-state index contributed by atoms with van der Waals surface area (Å²) < 4.78 is 7.41. The van der Waals surface area contributed by atoms with Crippen molar-refractivity contribution in [3.63, 3.8) is 0 Å². The fraction of sp³-hybridized carbons (Fsp3) is 0.583. The second-order valence-corrected chi connectivity index (χ2v) is 9.54. The van der Waals surface area contributed by atoms with Gasteiger partial charge in [0.05, 0.1) is 18.5 Å². The molecule has 2 fully saturated rings. The Morgan fingerprint density at radius 2 is 1.94 bits per heavy atom. The van der Waals surface area contributed by atoms with Gasteiger partial charge in [0.25, 0.3) is 0 Å². The summed E-state index contributed by atoms with van der Waals surface area (Å²) in [6.45, 7) is 7.17. The lowest BCUT2D eigenvalue weighted by Gasteiger charge is -2.53. The molecule has 0 amide bonds. The maximum atomic E-state index is 6.09. The predicted octanol–water partition coefficient (Wildman–Crippen LogP) is 3.95. The first-order valence-corrected chi connectivity index (χ1v) is 11.9. The lowest BCUT2D eigenvalue weighted by molar-refractivity contribution is 0.138. The van der Waals surface area contributed by atoms with Gasteiger partial charge >= 0.3 is 6.01 Å². The van der Waals surface area contributed by atoms with Gasteiger partial charge in [0, 0.05) is 31.1 Å². The van der Waals surface area contributed by atoms with Crippen LogP contribution in [0.4, 0.5) is 11.6 Å². The molecule has 1 saturated heterocycles. The molecule has 0 aromatic carbocycles. The van der Waals surface area contributed by atoms with Crippen LogP contribution in [0.1, 0.15) is 68.7 Å². The molecule has 2 N–H and O–H groups in total. The SMILES string of the molecule is CCCCOc1nc(N)c2ncc(Cc3cnc(N4CC5(CCCCC5)C4)c(C)c3)n2n1. The maximum absolute atomic E-state index is 6.09. The lowest BCUT2D eigenvalue weighted by atomic mass is 9.68. The Morgan fingerprint density at radius 3 is 2.69 bits per heavy atom. The fourth-order valence-electron chi connectivity index (χ4n) is 5.21. The summed E-state index contributed by atoms with van der Waals surface area (Å²) in [4.78, 5) is 15.9. The zero-order chi connectivity index (χ0) is 22.1. The van der Waals surface area contributed by atoms with E-state index in [1.165, 1.54) is 37.7 Å². The van der Waals surface area contributed by atoms with Crippen LogP contribution in [0.2, 0.25) is 0 Å². The molecule has 170 valence electrons. The van der Waals surface area contributed by atoms with E-state index in [2.05, 4.69) is 39.9 Å². The molecule has 32 heavy (non-hydrogen) atoms. The number of anilines is 2. The molecule has 3 aromatic rings. The van der Waals surface area contributed by atoms with Gasteiger partial charge in [-0.15, -0.1) is 5.10 Å². The molecule has 1 aliphatic carbocycles. The molecule has 0 radical (unpaired) electrons. The van der Waals surface area contributed by atoms with Crippen LogP contribution in [-0.4, -0.2) is 44.3 Å². The number of unbranched alkanes of at least 4 members (excludes halogenated alkanes) is 1.